The number of piperidine rings is 1. The first-order valence-corrected chi connectivity index (χ1v) is 7.43. The van der Waals surface area contributed by atoms with Gasteiger partial charge in [-0.3, -0.25) is 4.79 Å². The topological polar surface area (TPSA) is 55.6 Å². The van der Waals surface area contributed by atoms with Crippen LogP contribution >= 0.6 is 35.6 Å². The van der Waals surface area contributed by atoms with E-state index in [1.165, 1.54) is 0 Å². The molecule has 118 valence electrons. The van der Waals surface area contributed by atoms with Gasteiger partial charge in [0, 0.05) is 24.2 Å². The third kappa shape index (κ3) is 5.55. The fraction of sp³-hybridized carbons (Fsp3) is 0.500. The van der Waals surface area contributed by atoms with Crippen molar-refractivity contribution in [1.29, 1.82) is 0 Å². The van der Waals surface area contributed by atoms with Crippen LogP contribution in [0.15, 0.2) is 18.2 Å². The maximum absolute atomic E-state index is 12.0. The van der Waals surface area contributed by atoms with E-state index in [1.54, 1.807) is 18.2 Å². The third-order valence-electron chi connectivity index (χ3n) is 3.36. The van der Waals surface area contributed by atoms with Crippen LogP contribution in [0.5, 0.6) is 5.75 Å². The first kappa shape index (κ1) is 18.4. The zero-order chi connectivity index (χ0) is 14.5. The summed E-state index contributed by atoms with van der Waals surface area (Å²) in [4.78, 5) is 13.8. The Kier molecular flexibility index (Phi) is 7.60. The summed E-state index contributed by atoms with van der Waals surface area (Å²) >= 11 is 11.8. The Morgan fingerprint density at radius 1 is 1.33 bits per heavy atom. The molecule has 1 aromatic rings. The van der Waals surface area contributed by atoms with Crippen LogP contribution in [0.3, 0.4) is 0 Å². The Bertz CT molecular complexity index is 477. The summed E-state index contributed by atoms with van der Waals surface area (Å²) in [7, 11) is 0. The molecule has 0 saturated carbocycles. The average molecular weight is 354 g/mol. The molecule has 1 saturated heterocycles. The van der Waals surface area contributed by atoms with Crippen LogP contribution in [0, 0.1) is 0 Å². The van der Waals surface area contributed by atoms with E-state index < -0.39 is 0 Å². The molecule has 1 aliphatic heterocycles. The van der Waals surface area contributed by atoms with Crippen LogP contribution in [0.1, 0.15) is 19.3 Å². The van der Waals surface area contributed by atoms with Gasteiger partial charge in [-0.1, -0.05) is 23.2 Å². The van der Waals surface area contributed by atoms with Gasteiger partial charge in [0.05, 0.1) is 18.1 Å². The number of carbonyl (C=O) groups excluding carboxylic acids is 1. The van der Waals surface area contributed by atoms with Crippen molar-refractivity contribution in [3.05, 3.63) is 28.2 Å². The molecular weight excluding hydrogens is 335 g/mol. The fourth-order valence-electron chi connectivity index (χ4n) is 2.15. The van der Waals surface area contributed by atoms with Gasteiger partial charge in [-0.05, 0) is 31.0 Å². The molecule has 0 radical (unpaired) electrons. The zero-order valence-electron chi connectivity index (χ0n) is 11.6. The van der Waals surface area contributed by atoms with Crippen molar-refractivity contribution in [2.24, 2.45) is 5.73 Å². The minimum absolute atomic E-state index is 0. The SMILES string of the molecule is Cl.NC1CCN(C(=O)CCOc2ccc(Cl)cc2Cl)CC1. The lowest BCUT2D eigenvalue weighted by Crippen LogP contribution is -2.43. The standard InChI is InChI=1S/C14H18Cl2N2O2.ClH/c15-10-1-2-13(12(16)9-10)20-8-5-14(19)18-6-3-11(17)4-7-18;/h1-2,9,11H,3-8,17H2;1H. The maximum atomic E-state index is 12.0. The predicted molar refractivity (Wildman–Crippen MR) is 87.6 cm³/mol. The molecule has 7 heteroatoms. The quantitative estimate of drug-likeness (QED) is 0.904. The number of benzene rings is 1. The molecule has 4 nitrogen and oxygen atoms in total. The van der Waals surface area contributed by atoms with Crippen molar-refractivity contribution in [1.82, 2.24) is 4.90 Å². The van der Waals surface area contributed by atoms with Gasteiger partial charge in [-0.2, -0.15) is 0 Å². The zero-order valence-corrected chi connectivity index (χ0v) is 13.9. The summed E-state index contributed by atoms with van der Waals surface area (Å²) in [6, 6.07) is 5.25. The second-order valence-corrected chi connectivity index (χ2v) is 5.74. The number of likely N-dealkylation sites (tertiary alicyclic amines) is 1. The van der Waals surface area contributed by atoms with E-state index in [2.05, 4.69) is 0 Å². The van der Waals surface area contributed by atoms with Gasteiger partial charge in [0.1, 0.15) is 5.75 Å². The number of hydrogen-bond acceptors (Lipinski definition) is 3. The fourth-order valence-corrected chi connectivity index (χ4v) is 2.61. The second kappa shape index (κ2) is 8.69. The van der Waals surface area contributed by atoms with Crippen LogP contribution in [0.25, 0.3) is 0 Å². The lowest BCUT2D eigenvalue weighted by Gasteiger charge is -2.30. The summed E-state index contributed by atoms with van der Waals surface area (Å²) < 4.78 is 5.51. The number of nitrogens with two attached hydrogens (primary N) is 1. The Morgan fingerprint density at radius 3 is 2.62 bits per heavy atom. The van der Waals surface area contributed by atoms with Crippen LogP contribution < -0.4 is 10.5 Å². The number of halogens is 3. The largest absolute Gasteiger partial charge is 0.491 e. The van der Waals surface area contributed by atoms with Gasteiger partial charge < -0.3 is 15.4 Å². The summed E-state index contributed by atoms with van der Waals surface area (Å²) in [5.74, 6) is 0.645. The molecule has 0 bridgehead atoms. The van der Waals surface area contributed by atoms with Crippen molar-refractivity contribution >= 4 is 41.5 Å². The molecule has 1 amide bonds. The minimum atomic E-state index is 0. The van der Waals surface area contributed by atoms with E-state index in [9.17, 15) is 4.79 Å². The number of amides is 1. The van der Waals surface area contributed by atoms with Gasteiger partial charge in [-0.25, -0.2) is 0 Å². The number of ether oxygens (including phenoxy) is 1. The molecule has 1 aromatic carbocycles. The molecule has 1 fully saturated rings. The minimum Gasteiger partial charge on any atom is -0.491 e. The average Bonchev–Trinajstić information content (AvgIpc) is 2.42. The molecule has 0 unspecified atom stereocenters. The summed E-state index contributed by atoms with van der Waals surface area (Å²) in [6.07, 6.45) is 2.08. The van der Waals surface area contributed by atoms with Gasteiger partial charge >= 0.3 is 0 Å². The number of hydrogen-bond donors (Lipinski definition) is 1. The molecule has 0 aromatic heterocycles. The molecule has 21 heavy (non-hydrogen) atoms. The Labute approximate surface area is 140 Å². The van der Waals surface area contributed by atoms with Gasteiger partial charge in [-0.15, -0.1) is 12.4 Å². The van der Waals surface area contributed by atoms with Crippen LogP contribution in [0.2, 0.25) is 10.0 Å². The summed E-state index contributed by atoms with van der Waals surface area (Å²) in [5.41, 5.74) is 5.81. The Balaban J connectivity index is 0.00000220. The summed E-state index contributed by atoms with van der Waals surface area (Å²) in [6.45, 7) is 1.78. The van der Waals surface area contributed by atoms with Crippen molar-refractivity contribution in [3.8, 4) is 5.75 Å². The lowest BCUT2D eigenvalue weighted by molar-refractivity contribution is -0.132. The third-order valence-corrected chi connectivity index (χ3v) is 3.89. The van der Waals surface area contributed by atoms with E-state index >= 15 is 0 Å². The normalized spacial score (nSPS) is 15.5. The first-order chi connectivity index (χ1) is 9.56. The lowest BCUT2D eigenvalue weighted by atomic mass is 10.1. The Morgan fingerprint density at radius 2 is 2.00 bits per heavy atom. The molecule has 0 aliphatic carbocycles. The van der Waals surface area contributed by atoms with Crippen molar-refractivity contribution in [3.63, 3.8) is 0 Å². The maximum Gasteiger partial charge on any atom is 0.225 e. The van der Waals surface area contributed by atoms with E-state index in [0.29, 0.717) is 28.8 Å². The highest BCUT2D eigenvalue weighted by molar-refractivity contribution is 6.35. The molecular formula is C14H19Cl3N2O2. The van der Waals surface area contributed by atoms with Crippen molar-refractivity contribution < 1.29 is 9.53 Å². The van der Waals surface area contributed by atoms with Gasteiger partial charge in [0.15, 0.2) is 0 Å². The highest BCUT2D eigenvalue weighted by Crippen LogP contribution is 2.27. The smallest absolute Gasteiger partial charge is 0.225 e. The van der Waals surface area contributed by atoms with Crippen LogP contribution in [0.4, 0.5) is 0 Å². The molecule has 1 aliphatic rings. The second-order valence-electron chi connectivity index (χ2n) is 4.89. The van der Waals surface area contributed by atoms with Gasteiger partial charge in [0.25, 0.3) is 0 Å². The first-order valence-electron chi connectivity index (χ1n) is 6.67. The molecule has 0 spiro atoms. The van der Waals surface area contributed by atoms with Crippen molar-refractivity contribution in [2.45, 2.75) is 25.3 Å². The summed E-state index contributed by atoms with van der Waals surface area (Å²) in [5, 5.41) is 1.01. The molecule has 1 heterocycles. The number of carbonyl (C=O) groups is 1. The number of nitrogens with zero attached hydrogens (tertiary/aromatic N) is 1. The molecule has 2 rings (SSSR count). The highest BCUT2D eigenvalue weighted by Gasteiger charge is 2.20. The van der Waals surface area contributed by atoms with Crippen LogP contribution in [-0.4, -0.2) is 36.5 Å². The van der Waals surface area contributed by atoms with E-state index in [1.807, 2.05) is 4.90 Å². The monoisotopic (exact) mass is 352 g/mol. The Hall–Kier alpha value is -0.680. The van der Waals surface area contributed by atoms with E-state index in [4.69, 9.17) is 33.7 Å². The highest BCUT2D eigenvalue weighted by atomic mass is 35.5. The van der Waals surface area contributed by atoms with Crippen LogP contribution in [-0.2, 0) is 4.79 Å². The van der Waals surface area contributed by atoms with Crippen molar-refractivity contribution in [2.75, 3.05) is 19.7 Å². The van der Waals surface area contributed by atoms with E-state index in [0.717, 1.165) is 25.9 Å². The van der Waals surface area contributed by atoms with Gasteiger partial charge in [0.2, 0.25) is 5.91 Å². The molecule has 2 N–H and O–H groups in total. The molecule has 0 atom stereocenters. The van der Waals surface area contributed by atoms with E-state index in [-0.39, 0.29) is 24.4 Å². The number of rotatable bonds is 4. The predicted octanol–water partition coefficient (Wildman–Crippen LogP) is 3.13.